The predicted molar refractivity (Wildman–Crippen MR) is 91.9 cm³/mol. The highest BCUT2D eigenvalue weighted by Crippen LogP contribution is 2.26. The minimum Gasteiger partial charge on any atom is -0.463 e. The molecule has 114 valence electrons. The molecule has 0 spiro atoms. The maximum Gasteiger partial charge on any atom is 0.202 e. The van der Waals surface area contributed by atoms with Crippen LogP contribution < -0.4 is 10.3 Å². The summed E-state index contributed by atoms with van der Waals surface area (Å²) in [4.78, 5) is 20.2. The number of aromatic nitrogens is 1. The molecular formula is C17H18N2O2S. The Morgan fingerprint density at radius 1 is 1.27 bits per heavy atom. The molecule has 4 nitrogen and oxygen atoms in total. The molecule has 0 atom stereocenters. The number of thiazole rings is 1. The van der Waals surface area contributed by atoms with E-state index in [1.54, 1.807) is 6.20 Å². The van der Waals surface area contributed by atoms with Crippen molar-refractivity contribution in [2.24, 2.45) is 0 Å². The molecule has 0 saturated carbocycles. The Hall–Kier alpha value is -2.14. The smallest absolute Gasteiger partial charge is 0.202 e. The SMILES string of the molecule is CCN(CC)c1ccc2c(=O)c(-c3ncc(C)s3)coc2c1. The van der Waals surface area contributed by atoms with Gasteiger partial charge in [0.2, 0.25) is 5.43 Å². The number of aryl methyl sites for hydroxylation is 1. The fourth-order valence-corrected chi connectivity index (χ4v) is 3.30. The van der Waals surface area contributed by atoms with Gasteiger partial charge >= 0.3 is 0 Å². The summed E-state index contributed by atoms with van der Waals surface area (Å²) in [5.41, 5.74) is 2.19. The molecule has 2 aromatic heterocycles. The highest BCUT2D eigenvalue weighted by atomic mass is 32.1. The van der Waals surface area contributed by atoms with Gasteiger partial charge in [-0.05, 0) is 32.9 Å². The van der Waals surface area contributed by atoms with Gasteiger partial charge in [-0.1, -0.05) is 0 Å². The van der Waals surface area contributed by atoms with Crippen LogP contribution in [-0.2, 0) is 0 Å². The molecule has 1 aromatic carbocycles. The van der Waals surface area contributed by atoms with Gasteiger partial charge in [-0.15, -0.1) is 11.3 Å². The Labute approximate surface area is 133 Å². The standard InChI is InChI=1S/C17H18N2O2S/c1-4-19(5-2)12-6-7-13-15(8-12)21-10-14(16(13)20)17-18-9-11(3)22-17/h6-10H,4-5H2,1-3H3. The molecule has 0 unspecified atom stereocenters. The lowest BCUT2D eigenvalue weighted by molar-refractivity contribution is 0.604. The van der Waals surface area contributed by atoms with Gasteiger partial charge in [0.1, 0.15) is 16.9 Å². The summed E-state index contributed by atoms with van der Waals surface area (Å²) in [6, 6.07) is 5.75. The van der Waals surface area contributed by atoms with Crippen LogP contribution in [0.4, 0.5) is 5.69 Å². The molecule has 22 heavy (non-hydrogen) atoms. The van der Waals surface area contributed by atoms with Crippen LogP contribution in [0.25, 0.3) is 21.5 Å². The van der Waals surface area contributed by atoms with Crippen molar-refractivity contribution in [2.45, 2.75) is 20.8 Å². The third-order valence-corrected chi connectivity index (χ3v) is 4.68. The summed E-state index contributed by atoms with van der Waals surface area (Å²) in [6.07, 6.45) is 3.29. The van der Waals surface area contributed by atoms with E-state index in [1.165, 1.54) is 17.6 Å². The van der Waals surface area contributed by atoms with E-state index in [9.17, 15) is 4.79 Å². The first-order chi connectivity index (χ1) is 10.6. The van der Waals surface area contributed by atoms with Crippen LogP contribution in [0.15, 0.2) is 39.9 Å². The highest BCUT2D eigenvalue weighted by Gasteiger charge is 2.13. The summed E-state index contributed by atoms with van der Waals surface area (Å²) in [7, 11) is 0. The van der Waals surface area contributed by atoms with Crippen LogP contribution in [0, 0.1) is 6.92 Å². The van der Waals surface area contributed by atoms with Crippen LogP contribution in [-0.4, -0.2) is 18.1 Å². The second-order valence-electron chi connectivity index (χ2n) is 5.11. The zero-order valence-electron chi connectivity index (χ0n) is 12.9. The maximum atomic E-state index is 12.7. The van der Waals surface area contributed by atoms with Gasteiger partial charge < -0.3 is 9.32 Å². The van der Waals surface area contributed by atoms with E-state index < -0.39 is 0 Å². The Bertz CT molecular complexity index is 862. The van der Waals surface area contributed by atoms with Crippen LogP contribution >= 0.6 is 11.3 Å². The summed E-state index contributed by atoms with van der Waals surface area (Å²) in [5.74, 6) is 0. The number of hydrogen-bond acceptors (Lipinski definition) is 5. The van der Waals surface area contributed by atoms with Crippen molar-refractivity contribution in [2.75, 3.05) is 18.0 Å². The van der Waals surface area contributed by atoms with Crippen LogP contribution in [0.2, 0.25) is 0 Å². The molecular weight excluding hydrogens is 296 g/mol. The molecule has 3 aromatic rings. The number of anilines is 1. The lowest BCUT2D eigenvalue weighted by Crippen LogP contribution is -2.21. The number of nitrogens with zero attached hydrogens (tertiary/aromatic N) is 2. The van der Waals surface area contributed by atoms with Crippen molar-refractivity contribution in [1.82, 2.24) is 4.98 Å². The van der Waals surface area contributed by atoms with Gasteiger partial charge in [-0.3, -0.25) is 4.79 Å². The molecule has 0 aliphatic rings. The minimum absolute atomic E-state index is 0.0262. The van der Waals surface area contributed by atoms with Crippen molar-refractivity contribution < 1.29 is 4.42 Å². The number of benzene rings is 1. The van der Waals surface area contributed by atoms with Gasteiger partial charge in [-0.2, -0.15) is 0 Å². The fourth-order valence-electron chi connectivity index (χ4n) is 2.53. The average molecular weight is 314 g/mol. The molecule has 5 heteroatoms. The minimum atomic E-state index is -0.0262. The molecule has 0 fully saturated rings. The van der Waals surface area contributed by atoms with Crippen molar-refractivity contribution in [3.8, 4) is 10.6 Å². The lowest BCUT2D eigenvalue weighted by Gasteiger charge is -2.20. The van der Waals surface area contributed by atoms with Gasteiger partial charge in [0.05, 0.1) is 10.9 Å². The molecule has 3 rings (SSSR count). The van der Waals surface area contributed by atoms with E-state index in [0.29, 0.717) is 21.5 Å². The topological polar surface area (TPSA) is 46.3 Å². The summed E-state index contributed by atoms with van der Waals surface area (Å²) in [6.45, 7) is 8.03. The summed E-state index contributed by atoms with van der Waals surface area (Å²) >= 11 is 1.50. The van der Waals surface area contributed by atoms with E-state index in [1.807, 2.05) is 25.1 Å². The first kappa shape index (κ1) is 14.8. The third-order valence-electron chi connectivity index (χ3n) is 3.74. The molecule has 2 heterocycles. The zero-order valence-corrected chi connectivity index (χ0v) is 13.7. The predicted octanol–water partition coefficient (Wildman–Crippen LogP) is 4.07. The van der Waals surface area contributed by atoms with Crippen molar-refractivity contribution >= 4 is 28.0 Å². The van der Waals surface area contributed by atoms with Gasteiger partial charge in [0.15, 0.2) is 0 Å². The third kappa shape index (κ3) is 2.52. The Balaban J connectivity index is 2.13. The van der Waals surface area contributed by atoms with Crippen molar-refractivity contribution in [3.63, 3.8) is 0 Å². The average Bonchev–Trinajstić information content (AvgIpc) is 2.95. The first-order valence-electron chi connectivity index (χ1n) is 7.37. The van der Waals surface area contributed by atoms with Gasteiger partial charge in [0, 0.05) is 35.9 Å². The Kier molecular flexibility index (Phi) is 3.98. The maximum absolute atomic E-state index is 12.7. The quantitative estimate of drug-likeness (QED) is 0.728. The van der Waals surface area contributed by atoms with Gasteiger partial charge in [0.25, 0.3) is 0 Å². The van der Waals surface area contributed by atoms with Crippen LogP contribution in [0.5, 0.6) is 0 Å². The van der Waals surface area contributed by atoms with Crippen LogP contribution in [0.1, 0.15) is 18.7 Å². The highest BCUT2D eigenvalue weighted by molar-refractivity contribution is 7.14. The van der Waals surface area contributed by atoms with Crippen LogP contribution in [0.3, 0.4) is 0 Å². The van der Waals surface area contributed by atoms with E-state index >= 15 is 0 Å². The summed E-state index contributed by atoms with van der Waals surface area (Å²) in [5, 5.41) is 1.31. The second-order valence-corrected chi connectivity index (χ2v) is 6.34. The first-order valence-corrected chi connectivity index (χ1v) is 8.19. The lowest BCUT2D eigenvalue weighted by atomic mass is 10.1. The normalized spacial score (nSPS) is 11.0. The largest absolute Gasteiger partial charge is 0.463 e. The number of rotatable bonds is 4. The molecule has 0 amide bonds. The number of hydrogen-bond donors (Lipinski definition) is 0. The van der Waals surface area contributed by atoms with E-state index in [2.05, 4.69) is 23.7 Å². The molecule has 0 bridgehead atoms. The van der Waals surface area contributed by atoms with E-state index in [4.69, 9.17) is 4.42 Å². The van der Waals surface area contributed by atoms with Gasteiger partial charge in [-0.25, -0.2) is 4.98 Å². The zero-order chi connectivity index (χ0) is 15.7. The fraction of sp³-hybridized carbons (Fsp3) is 0.294. The molecule has 0 aliphatic heterocycles. The Morgan fingerprint density at radius 2 is 2.05 bits per heavy atom. The van der Waals surface area contributed by atoms with Crippen molar-refractivity contribution in [1.29, 1.82) is 0 Å². The van der Waals surface area contributed by atoms with Crippen molar-refractivity contribution in [3.05, 3.63) is 45.8 Å². The summed E-state index contributed by atoms with van der Waals surface area (Å²) < 4.78 is 5.71. The number of fused-ring (bicyclic) bond motifs is 1. The molecule has 0 aliphatic carbocycles. The molecule has 0 saturated heterocycles. The second kappa shape index (κ2) is 5.93. The molecule has 0 N–H and O–H groups in total. The molecule has 0 radical (unpaired) electrons. The monoisotopic (exact) mass is 314 g/mol. The Morgan fingerprint density at radius 3 is 2.68 bits per heavy atom. The van der Waals surface area contributed by atoms with E-state index in [-0.39, 0.29) is 5.43 Å². The van der Waals surface area contributed by atoms with E-state index in [0.717, 1.165) is 23.7 Å².